The minimum Gasteiger partial charge on any atom is -0.345 e. The van der Waals surface area contributed by atoms with Crippen molar-refractivity contribution >= 4 is 17.5 Å². The number of carbonyl (C=O) groups excluding carboxylic acids is 2. The van der Waals surface area contributed by atoms with E-state index < -0.39 is 11.8 Å². The Kier molecular flexibility index (Phi) is 6.20. The van der Waals surface area contributed by atoms with Gasteiger partial charge in [-0.15, -0.1) is 0 Å². The highest BCUT2D eigenvalue weighted by atomic mass is 16.2. The highest BCUT2D eigenvalue weighted by Gasteiger charge is 2.30. The molecule has 1 aromatic carbocycles. The van der Waals surface area contributed by atoms with Gasteiger partial charge in [-0.05, 0) is 42.7 Å². The Morgan fingerprint density at radius 2 is 1.83 bits per heavy atom. The van der Waals surface area contributed by atoms with E-state index >= 15 is 0 Å². The number of benzene rings is 1. The number of hydrogen-bond acceptors (Lipinski definition) is 2. The normalized spacial score (nSPS) is 21.0. The summed E-state index contributed by atoms with van der Waals surface area (Å²) in [6, 6.07) is 7.71. The zero-order chi connectivity index (χ0) is 16.8. The minimum atomic E-state index is -0.570. The fraction of sp³-hybridized carbons (Fsp3) is 0.579. The van der Waals surface area contributed by atoms with Gasteiger partial charge in [-0.3, -0.25) is 9.59 Å². The number of rotatable bonds is 4. The zero-order valence-corrected chi connectivity index (χ0v) is 14.4. The third-order valence-electron chi connectivity index (χ3n) is 4.84. The van der Waals surface area contributed by atoms with Crippen LogP contribution in [0.1, 0.15) is 52.0 Å². The predicted octanol–water partition coefficient (Wildman–Crippen LogP) is 3.52. The number of aryl methyl sites for hydroxylation is 1. The number of para-hydroxylation sites is 1. The lowest BCUT2D eigenvalue weighted by molar-refractivity contribution is -0.137. The summed E-state index contributed by atoms with van der Waals surface area (Å²) in [6.07, 6.45) is 5.24. The van der Waals surface area contributed by atoms with E-state index in [0.717, 1.165) is 36.9 Å². The Bertz CT molecular complexity index is 554. The van der Waals surface area contributed by atoms with Crippen LogP contribution in [0.2, 0.25) is 0 Å². The first-order chi connectivity index (χ1) is 11.0. The van der Waals surface area contributed by atoms with E-state index in [1.54, 1.807) is 0 Å². The van der Waals surface area contributed by atoms with E-state index in [1.165, 1.54) is 6.42 Å². The number of carbonyl (C=O) groups is 2. The fourth-order valence-electron chi connectivity index (χ4n) is 3.50. The Hall–Kier alpha value is -1.84. The summed E-state index contributed by atoms with van der Waals surface area (Å²) in [6.45, 7) is 6.40. The molecular formula is C19H28N2O2. The quantitative estimate of drug-likeness (QED) is 0.835. The van der Waals surface area contributed by atoms with Crippen molar-refractivity contribution in [2.45, 2.75) is 58.9 Å². The maximum absolute atomic E-state index is 12.3. The molecule has 2 atom stereocenters. The molecule has 1 aliphatic carbocycles. The molecule has 1 saturated carbocycles. The first-order valence-electron chi connectivity index (χ1n) is 8.72. The van der Waals surface area contributed by atoms with E-state index in [9.17, 15) is 9.59 Å². The van der Waals surface area contributed by atoms with Crippen LogP contribution in [0, 0.1) is 11.8 Å². The molecule has 2 rings (SSSR count). The van der Waals surface area contributed by atoms with Crippen molar-refractivity contribution in [3.8, 4) is 0 Å². The van der Waals surface area contributed by atoms with Gasteiger partial charge in [0.05, 0.1) is 0 Å². The molecule has 2 amide bonds. The van der Waals surface area contributed by atoms with Crippen LogP contribution in [0.5, 0.6) is 0 Å². The van der Waals surface area contributed by atoms with E-state index in [1.807, 2.05) is 31.2 Å². The van der Waals surface area contributed by atoms with Crippen LogP contribution in [0.4, 0.5) is 5.69 Å². The lowest BCUT2D eigenvalue weighted by Crippen LogP contribution is -2.47. The predicted molar refractivity (Wildman–Crippen MR) is 93.2 cm³/mol. The summed E-state index contributed by atoms with van der Waals surface area (Å²) in [5.74, 6) is -0.111. The molecule has 0 bridgehead atoms. The smallest absolute Gasteiger partial charge is 0.313 e. The number of amides is 2. The van der Waals surface area contributed by atoms with E-state index in [4.69, 9.17) is 0 Å². The molecule has 0 saturated heterocycles. The first kappa shape index (κ1) is 17.5. The lowest BCUT2D eigenvalue weighted by Gasteiger charge is -2.34. The van der Waals surface area contributed by atoms with Crippen molar-refractivity contribution in [3.63, 3.8) is 0 Å². The second-order valence-corrected chi connectivity index (χ2v) is 6.74. The van der Waals surface area contributed by atoms with Crippen molar-refractivity contribution in [1.82, 2.24) is 5.32 Å². The molecular weight excluding hydrogens is 288 g/mol. The van der Waals surface area contributed by atoms with Crippen LogP contribution in [-0.2, 0) is 16.0 Å². The maximum Gasteiger partial charge on any atom is 0.313 e. The van der Waals surface area contributed by atoms with Crippen molar-refractivity contribution in [2.24, 2.45) is 11.8 Å². The van der Waals surface area contributed by atoms with Crippen LogP contribution < -0.4 is 10.6 Å². The van der Waals surface area contributed by atoms with Crippen LogP contribution in [0.3, 0.4) is 0 Å². The minimum absolute atomic E-state index is 0.114. The molecule has 0 aromatic heterocycles. The van der Waals surface area contributed by atoms with Crippen molar-refractivity contribution in [1.29, 1.82) is 0 Å². The highest BCUT2D eigenvalue weighted by Crippen LogP contribution is 2.30. The largest absolute Gasteiger partial charge is 0.345 e. The standard InChI is InChI=1S/C19H28N2O2/c1-4-14-9-5-7-11-16(14)20-18(22)19(23)21-17-12-8-6-10-15(17)13(2)3/h5,7,9,11,13,15,17H,4,6,8,10,12H2,1-3H3,(H,20,22)(H,21,23). The second kappa shape index (κ2) is 8.14. The van der Waals surface area contributed by atoms with Crippen LogP contribution in [0.15, 0.2) is 24.3 Å². The number of nitrogens with one attached hydrogen (secondary N) is 2. The molecule has 2 unspecified atom stereocenters. The summed E-state index contributed by atoms with van der Waals surface area (Å²) in [7, 11) is 0. The van der Waals surface area contributed by atoms with Gasteiger partial charge >= 0.3 is 11.8 Å². The second-order valence-electron chi connectivity index (χ2n) is 6.74. The lowest BCUT2D eigenvalue weighted by atomic mass is 9.78. The summed E-state index contributed by atoms with van der Waals surface area (Å²) in [4.78, 5) is 24.5. The molecule has 1 fully saturated rings. The van der Waals surface area contributed by atoms with Crippen LogP contribution in [0.25, 0.3) is 0 Å². The van der Waals surface area contributed by atoms with Crippen molar-refractivity contribution < 1.29 is 9.59 Å². The van der Waals surface area contributed by atoms with Gasteiger partial charge in [-0.25, -0.2) is 0 Å². The van der Waals surface area contributed by atoms with Crippen LogP contribution in [-0.4, -0.2) is 17.9 Å². The Morgan fingerprint density at radius 3 is 2.52 bits per heavy atom. The summed E-state index contributed by atoms with van der Waals surface area (Å²) < 4.78 is 0. The summed E-state index contributed by atoms with van der Waals surface area (Å²) in [5, 5.41) is 5.70. The zero-order valence-electron chi connectivity index (χ0n) is 14.4. The average Bonchev–Trinajstić information content (AvgIpc) is 2.55. The summed E-state index contributed by atoms with van der Waals surface area (Å²) in [5.41, 5.74) is 1.76. The SMILES string of the molecule is CCc1ccccc1NC(=O)C(=O)NC1CCCCC1C(C)C. The van der Waals surface area contributed by atoms with Gasteiger partial charge in [0.1, 0.15) is 0 Å². The monoisotopic (exact) mass is 316 g/mol. The molecule has 23 heavy (non-hydrogen) atoms. The van der Waals surface area contributed by atoms with E-state index in [0.29, 0.717) is 11.8 Å². The molecule has 2 N–H and O–H groups in total. The van der Waals surface area contributed by atoms with Gasteiger partial charge < -0.3 is 10.6 Å². The molecule has 1 aliphatic rings. The highest BCUT2D eigenvalue weighted by molar-refractivity contribution is 6.39. The van der Waals surface area contributed by atoms with Crippen molar-refractivity contribution in [2.75, 3.05) is 5.32 Å². The number of anilines is 1. The van der Waals surface area contributed by atoms with Crippen molar-refractivity contribution in [3.05, 3.63) is 29.8 Å². The molecule has 0 heterocycles. The Balaban J connectivity index is 1.98. The molecule has 126 valence electrons. The number of hydrogen-bond donors (Lipinski definition) is 2. The third kappa shape index (κ3) is 4.57. The average molecular weight is 316 g/mol. The van der Waals surface area contributed by atoms with E-state index in [2.05, 4.69) is 24.5 Å². The first-order valence-corrected chi connectivity index (χ1v) is 8.72. The van der Waals surface area contributed by atoms with E-state index in [-0.39, 0.29) is 6.04 Å². The fourth-order valence-corrected chi connectivity index (χ4v) is 3.50. The third-order valence-corrected chi connectivity index (χ3v) is 4.84. The maximum atomic E-state index is 12.3. The van der Waals surface area contributed by atoms with Gasteiger partial charge in [0.2, 0.25) is 0 Å². The van der Waals surface area contributed by atoms with Gasteiger partial charge in [0, 0.05) is 11.7 Å². The van der Waals surface area contributed by atoms with Gasteiger partial charge in [-0.1, -0.05) is 51.8 Å². The topological polar surface area (TPSA) is 58.2 Å². The molecule has 1 aromatic rings. The Morgan fingerprint density at radius 1 is 1.13 bits per heavy atom. The molecule has 4 heteroatoms. The molecule has 0 spiro atoms. The van der Waals surface area contributed by atoms with Crippen LogP contribution >= 0.6 is 0 Å². The van der Waals surface area contributed by atoms with Gasteiger partial charge in [0.15, 0.2) is 0 Å². The summed E-state index contributed by atoms with van der Waals surface area (Å²) >= 11 is 0. The van der Waals surface area contributed by atoms with Gasteiger partial charge in [0.25, 0.3) is 0 Å². The molecule has 4 nitrogen and oxygen atoms in total. The van der Waals surface area contributed by atoms with Gasteiger partial charge in [-0.2, -0.15) is 0 Å². The molecule has 0 radical (unpaired) electrons. The Labute approximate surface area is 139 Å². The molecule has 0 aliphatic heterocycles.